The molecular weight excluding hydrogens is 608 g/mol. The van der Waals surface area contributed by atoms with Crippen molar-refractivity contribution in [2.24, 2.45) is 0 Å². The molecule has 0 aliphatic heterocycles. The molecule has 0 bridgehead atoms. The molecule has 0 radical (unpaired) electrons. The zero-order valence-electron chi connectivity index (χ0n) is 26.9. The van der Waals surface area contributed by atoms with Gasteiger partial charge in [0.2, 0.25) is 0 Å². The molecule has 4 rings (SSSR count). The molecule has 4 N–H and O–H groups in total. The molecule has 4 aromatic rings. The molecule has 0 unspecified atom stereocenters. The Morgan fingerprint density at radius 2 is 1.45 bits per heavy atom. The molecule has 1 heterocycles. The van der Waals surface area contributed by atoms with Gasteiger partial charge in [-0.1, -0.05) is 66.7 Å². The summed E-state index contributed by atoms with van der Waals surface area (Å²) in [6.45, 7) is 5.11. The van der Waals surface area contributed by atoms with E-state index < -0.39 is 24.6 Å². The first-order valence-electron chi connectivity index (χ1n) is 15.6. The number of carbonyl (C=O) groups excluding carboxylic acids is 1. The number of carboxylic acid groups (broad SMARTS) is 1. The van der Waals surface area contributed by atoms with Crippen LogP contribution >= 0.6 is 0 Å². The number of amides is 1. The number of hydrogen-bond acceptors (Lipinski definition) is 5. The maximum atomic E-state index is 14.3. The molecule has 0 spiro atoms. The summed E-state index contributed by atoms with van der Waals surface area (Å²) in [6, 6.07) is 23.7. The van der Waals surface area contributed by atoms with Gasteiger partial charge in [-0.2, -0.15) is 0 Å². The SMILES string of the molecule is CC(C)n1c(CC[C@@H](O)C[C@@H](O)CC(=O)O)c(-c2ccc(F)cc2)c(-c2ccccc2)c1C(=O)NCc1ccc(CN(C)C)cc1.[NaH]. The van der Waals surface area contributed by atoms with Crippen LogP contribution in [0.5, 0.6) is 0 Å². The van der Waals surface area contributed by atoms with Crippen LogP contribution in [0, 0.1) is 5.82 Å². The molecule has 0 saturated carbocycles. The summed E-state index contributed by atoms with van der Waals surface area (Å²) in [5.41, 5.74) is 6.38. The number of hydrogen-bond donors (Lipinski definition) is 4. The topological polar surface area (TPSA) is 115 Å². The number of aliphatic carboxylic acids is 1. The van der Waals surface area contributed by atoms with E-state index in [2.05, 4.69) is 22.3 Å². The molecule has 3 aromatic carbocycles. The molecule has 47 heavy (non-hydrogen) atoms. The van der Waals surface area contributed by atoms with E-state index in [4.69, 9.17) is 5.11 Å². The fraction of sp³-hybridized carbons (Fsp3) is 0.351. The number of halogens is 1. The van der Waals surface area contributed by atoms with Crippen LogP contribution in [0.25, 0.3) is 22.3 Å². The zero-order chi connectivity index (χ0) is 33.4. The third-order valence-corrected chi connectivity index (χ3v) is 7.88. The molecule has 1 amide bonds. The third-order valence-electron chi connectivity index (χ3n) is 7.88. The second-order valence-corrected chi connectivity index (χ2v) is 12.3. The van der Waals surface area contributed by atoms with Crippen molar-refractivity contribution in [1.29, 1.82) is 0 Å². The van der Waals surface area contributed by atoms with Gasteiger partial charge in [0.1, 0.15) is 11.5 Å². The number of rotatable bonds is 15. The predicted octanol–water partition coefficient (Wildman–Crippen LogP) is 5.40. The van der Waals surface area contributed by atoms with E-state index in [0.717, 1.165) is 34.5 Å². The van der Waals surface area contributed by atoms with E-state index in [0.29, 0.717) is 24.2 Å². The third kappa shape index (κ3) is 10.3. The van der Waals surface area contributed by atoms with Crippen LogP contribution in [-0.2, 0) is 24.3 Å². The minimum atomic E-state index is -1.18. The van der Waals surface area contributed by atoms with Gasteiger partial charge in [-0.05, 0) is 81.6 Å². The Morgan fingerprint density at radius 1 is 0.851 bits per heavy atom. The molecule has 8 nitrogen and oxygen atoms in total. The maximum absolute atomic E-state index is 14.3. The standard InChI is InChI=1S/C37H44FN3O5.Na.H/c1-24(2)41-32(19-18-30(42)20-31(43)21-33(44)45)34(28-14-16-29(38)17-15-28)35(27-8-6-5-7-9-27)36(41)37(46)39-22-25-10-12-26(13-11-25)23-40(3)4;;/h5-17,24,30-31,42-43H,18-23H2,1-4H3,(H,39,46)(H,44,45);;/t30-,31-;;/m1../s1. The fourth-order valence-corrected chi connectivity index (χ4v) is 5.90. The summed E-state index contributed by atoms with van der Waals surface area (Å²) in [7, 11) is 4.03. The van der Waals surface area contributed by atoms with Crippen molar-refractivity contribution in [3.63, 3.8) is 0 Å². The van der Waals surface area contributed by atoms with E-state index in [-0.39, 0.29) is 60.2 Å². The normalized spacial score (nSPS) is 12.5. The number of nitrogens with one attached hydrogen (secondary N) is 1. The van der Waals surface area contributed by atoms with E-state index in [1.54, 1.807) is 12.1 Å². The average molecular weight is 654 g/mol. The van der Waals surface area contributed by atoms with Gasteiger partial charge in [-0.25, -0.2) is 4.39 Å². The van der Waals surface area contributed by atoms with Crippen molar-refractivity contribution >= 4 is 41.4 Å². The Morgan fingerprint density at radius 3 is 2.02 bits per heavy atom. The average Bonchev–Trinajstić information content (AvgIpc) is 3.35. The Bertz CT molecular complexity index is 1610. The van der Waals surface area contributed by atoms with E-state index in [1.165, 1.54) is 17.7 Å². The van der Waals surface area contributed by atoms with Gasteiger partial charge in [0.15, 0.2) is 0 Å². The van der Waals surface area contributed by atoms with E-state index >= 15 is 0 Å². The number of aliphatic hydroxyl groups excluding tert-OH is 2. The predicted molar refractivity (Wildman–Crippen MR) is 185 cm³/mol. The number of carboxylic acids is 1. The minimum absolute atomic E-state index is 0. The van der Waals surface area contributed by atoms with Crippen molar-refractivity contribution in [3.8, 4) is 22.3 Å². The molecule has 2 atom stereocenters. The summed E-state index contributed by atoms with van der Waals surface area (Å²) >= 11 is 0. The van der Waals surface area contributed by atoms with Crippen LogP contribution in [0.3, 0.4) is 0 Å². The summed E-state index contributed by atoms with van der Waals surface area (Å²) in [6.07, 6.45) is -2.16. The molecule has 1 aromatic heterocycles. The van der Waals surface area contributed by atoms with Crippen LogP contribution in [-0.4, -0.2) is 92.5 Å². The molecule has 0 saturated heterocycles. The number of aliphatic hydroxyl groups is 2. The van der Waals surface area contributed by atoms with Crippen molar-refractivity contribution in [1.82, 2.24) is 14.8 Å². The van der Waals surface area contributed by atoms with E-state index in [9.17, 15) is 24.2 Å². The van der Waals surface area contributed by atoms with Crippen molar-refractivity contribution in [2.45, 2.75) is 70.9 Å². The quantitative estimate of drug-likeness (QED) is 0.128. The van der Waals surface area contributed by atoms with E-state index in [1.807, 2.05) is 75.0 Å². The molecule has 0 aliphatic rings. The first-order valence-corrected chi connectivity index (χ1v) is 15.6. The van der Waals surface area contributed by atoms with Gasteiger partial charge in [-0.3, -0.25) is 9.59 Å². The van der Waals surface area contributed by atoms with Gasteiger partial charge in [-0.15, -0.1) is 0 Å². The molecule has 0 aliphatic carbocycles. The van der Waals surface area contributed by atoms with Gasteiger partial charge >= 0.3 is 35.5 Å². The van der Waals surface area contributed by atoms with Gasteiger partial charge in [0, 0.05) is 36.0 Å². The van der Waals surface area contributed by atoms with Crippen molar-refractivity contribution < 1.29 is 29.3 Å². The van der Waals surface area contributed by atoms with Crippen LogP contribution in [0.1, 0.15) is 66.5 Å². The second kappa shape index (κ2) is 17.7. The number of benzene rings is 3. The second-order valence-electron chi connectivity index (χ2n) is 12.3. The molecule has 10 heteroatoms. The fourth-order valence-electron chi connectivity index (χ4n) is 5.90. The number of aromatic nitrogens is 1. The zero-order valence-corrected chi connectivity index (χ0v) is 26.9. The van der Waals surface area contributed by atoms with Crippen LogP contribution in [0.2, 0.25) is 0 Å². The van der Waals surface area contributed by atoms with Crippen LogP contribution < -0.4 is 5.32 Å². The van der Waals surface area contributed by atoms with Crippen LogP contribution in [0.15, 0.2) is 78.9 Å². The Hall–Kier alpha value is -3.31. The monoisotopic (exact) mass is 653 g/mol. The van der Waals surface area contributed by atoms with Crippen molar-refractivity contribution in [3.05, 3.63) is 107 Å². The Balaban J connectivity index is 0.00000600. The first-order chi connectivity index (χ1) is 21.9. The Labute approximate surface area is 298 Å². The molecular formula is C37H45FN3NaO5. The van der Waals surface area contributed by atoms with Gasteiger partial charge < -0.3 is 30.1 Å². The van der Waals surface area contributed by atoms with Gasteiger partial charge in [0.25, 0.3) is 5.91 Å². The van der Waals surface area contributed by atoms with Crippen LogP contribution in [0.4, 0.5) is 4.39 Å². The number of nitrogens with zero attached hydrogens (tertiary/aromatic N) is 2. The number of carbonyl (C=O) groups is 2. The first kappa shape index (κ1) is 38.1. The summed E-state index contributed by atoms with van der Waals surface area (Å²) in [5, 5.41) is 33.1. The summed E-state index contributed by atoms with van der Waals surface area (Å²) < 4.78 is 16.1. The Kier molecular flexibility index (Phi) is 14.4. The molecule has 0 fully saturated rings. The van der Waals surface area contributed by atoms with Gasteiger partial charge in [0.05, 0.1) is 18.6 Å². The summed E-state index contributed by atoms with van der Waals surface area (Å²) in [5.74, 6) is -1.79. The molecule has 246 valence electrons. The van der Waals surface area contributed by atoms with Crippen molar-refractivity contribution in [2.75, 3.05) is 14.1 Å². The summed E-state index contributed by atoms with van der Waals surface area (Å²) in [4.78, 5) is 27.4.